The third kappa shape index (κ3) is 3.79. The fourth-order valence-corrected chi connectivity index (χ4v) is 2.59. The highest BCUT2D eigenvalue weighted by Gasteiger charge is 2.34. The standard InChI is InChI=1S/C16H20F3NO/c1-3-9-20-12(10-16(17,18)19)15-11-7-5-6-8-14(11)21-13(15)4-2/h5-8,12,20H,3-4,9-10H2,1-2H3. The van der Waals surface area contributed by atoms with Gasteiger partial charge in [0.15, 0.2) is 0 Å². The molecule has 0 radical (unpaired) electrons. The number of nitrogens with one attached hydrogen (secondary N) is 1. The van der Waals surface area contributed by atoms with Gasteiger partial charge in [-0.3, -0.25) is 0 Å². The van der Waals surface area contributed by atoms with Gasteiger partial charge in [-0.15, -0.1) is 0 Å². The number of para-hydroxylation sites is 1. The average molecular weight is 299 g/mol. The Hall–Kier alpha value is -1.49. The van der Waals surface area contributed by atoms with Gasteiger partial charge in [-0.25, -0.2) is 0 Å². The number of rotatable bonds is 6. The fourth-order valence-electron chi connectivity index (χ4n) is 2.59. The molecule has 0 aliphatic heterocycles. The van der Waals surface area contributed by atoms with Gasteiger partial charge in [0, 0.05) is 23.4 Å². The molecule has 0 aliphatic rings. The van der Waals surface area contributed by atoms with Crippen LogP contribution in [0.3, 0.4) is 0 Å². The summed E-state index contributed by atoms with van der Waals surface area (Å²) in [6, 6.07) is 6.51. The molecule has 0 saturated heterocycles. The van der Waals surface area contributed by atoms with Crippen molar-refractivity contribution < 1.29 is 17.6 Å². The minimum absolute atomic E-state index is 0.545. The number of fused-ring (bicyclic) bond motifs is 1. The summed E-state index contributed by atoms with van der Waals surface area (Å²) in [5, 5.41) is 3.79. The maximum atomic E-state index is 12.9. The number of furan rings is 1. The van der Waals surface area contributed by atoms with E-state index in [9.17, 15) is 13.2 Å². The van der Waals surface area contributed by atoms with E-state index in [0.29, 0.717) is 29.9 Å². The van der Waals surface area contributed by atoms with Crippen LogP contribution in [0, 0.1) is 0 Å². The summed E-state index contributed by atoms with van der Waals surface area (Å²) in [6.45, 7) is 4.38. The van der Waals surface area contributed by atoms with Gasteiger partial charge >= 0.3 is 6.18 Å². The third-order valence-corrected chi connectivity index (χ3v) is 3.46. The van der Waals surface area contributed by atoms with Gasteiger partial charge < -0.3 is 9.73 Å². The molecular formula is C16H20F3NO. The Labute approximate surface area is 122 Å². The van der Waals surface area contributed by atoms with Crippen LogP contribution in [0.1, 0.15) is 44.1 Å². The first-order valence-corrected chi connectivity index (χ1v) is 7.26. The molecule has 5 heteroatoms. The van der Waals surface area contributed by atoms with E-state index in [2.05, 4.69) is 5.32 Å². The lowest BCUT2D eigenvalue weighted by Crippen LogP contribution is -2.27. The Kier molecular flexibility index (Phi) is 4.93. The largest absolute Gasteiger partial charge is 0.461 e. The summed E-state index contributed by atoms with van der Waals surface area (Å²) in [7, 11) is 0. The molecule has 1 aromatic carbocycles. The SMILES string of the molecule is CCCNC(CC(F)(F)F)c1c(CC)oc2ccccc12. The van der Waals surface area contributed by atoms with Crippen molar-refractivity contribution in [2.45, 2.75) is 45.3 Å². The van der Waals surface area contributed by atoms with Gasteiger partial charge in [-0.2, -0.15) is 13.2 Å². The Balaban J connectivity index is 2.46. The monoisotopic (exact) mass is 299 g/mol. The molecular weight excluding hydrogens is 279 g/mol. The lowest BCUT2D eigenvalue weighted by Gasteiger charge is -2.20. The van der Waals surface area contributed by atoms with Crippen LogP contribution in [0.25, 0.3) is 11.0 Å². The van der Waals surface area contributed by atoms with Gasteiger partial charge in [0.2, 0.25) is 0 Å². The van der Waals surface area contributed by atoms with Crippen molar-refractivity contribution in [1.29, 1.82) is 0 Å². The zero-order chi connectivity index (χ0) is 15.5. The number of benzene rings is 1. The molecule has 1 N–H and O–H groups in total. The van der Waals surface area contributed by atoms with Crippen LogP contribution < -0.4 is 5.32 Å². The molecule has 0 spiro atoms. The van der Waals surface area contributed by atoms with Crippen molar-refractivity contribution in [3.63, 3.8) is 0 Å². The quantitative estimate of drug-likeness (QED) is 0.813. The lowest BCUT2D eigenvalue weighted by atomic mass is 9.98. The van der Waals surface area contributed by atoms with Crippen molar-refractivity contribution in [3.05, 3.63) is 35.6 Å². The van der Waals surface area contributed by atoms with Crippen LogP contribution in [0.5, 0.6) is 0 Å². The lowest BCUT2D eigenvalue weighted by molar-refractivity contribution is -0.140. The molecule has 1 aromatic heterocycles. The number of halogens is 3. The first-order valence-electron chi connectivity index (χ1n) is 7.26. The molecule has 0 amide bonds. The minimum Gasteiger partial charge on any atom is -0.461 e. The summed E-state index contributed by atoms with van der Waals surface area (Å²) in [5.41, 5.74) is 1.30. The fraction of sp³-hybridized carbons (Fsp3) is 0.500. The van der Waals surface area contributed by atoms with E-state index < -0.39 is 18.6 Å². The molecule has 0 saturated carbocycles. The zero-order valence-electron chi connectivity index (χ0n) is 12.3. The normalized spacial score (nSPS) is 13.8. The van der Waals surface area contributed by atoms with Gasteiger partial charge in [-0.1, -0.05) is 32.0 Å². The van der Waals surface area contributed by atoms with Crippen LogP contribution in [-0.4, -0.2) is 12.7 Å². The molecule has 0 bridgehead atoms. The van der Waals surface area contributed by atoms with Gasteiger partial charge in [0.05, 0.1) is 6.42 Å². The molecule has 0 fully saturated rings. The Morgan fingerprint density at radius 3 is 2.52 bits per heavy atom. The molecule has 2 nitrogen and oxygen atoms in total. The summed E-state index contributed by atoms with van der Waals surface area (Å²) in [5.74, 6) is 0.633. The van der Waals surface area contributed by atoms with Crippen molar-refractivity contribution in [2.75, 3.05) is 6.54 Å². The summed E-state index contributed by atoms with van der Waals surface area (Å²) in [4.78, 5) is 0. The predicted octanol–water partition coefficient (Wildman–Crippen LogP) is 4.99. The number of alkyl halides is 3. The summed E-state index contributed by atoms with van der Waals surface area (Å²) < 4.78 is 44.4. The number of aryl methyl sites for hydroxylation is 1. The Morgan fingerprint density at radius 1 is 1.19 bits per heavy atom. The first-order chi connectivity index (χ1) is 9.96. The zero-order valence-corrected chi connectivity index (χ0v) is 12.3. The highest BCUT2D eigenvalue weighted by atomic mass is 19.4. The second-order valence-electron chi connectivity index (χ2n) is 5.11. The topological polar surface area (TPSA) is 25.2 Å². The van der Waals surface area contributed by atoms with E-state index in [1.54, 1.807) is 6.07 Å². The average Bonchev–Trinajstić information content (AvgIpc) is 2.80. The maximum absolute atomic E-state index is 12.9. The second kappa shape index (κ2) is 6.52. The van der Waals surface area contributed by atoms with E-state index in [1.165, 1.54) is 0 Å². The van der Waals surface area contributed by atoms with Crippen molar-refractivity contribution in [1.82, 2.24) is 5.32 Å². The van der Waals surface area contributed by atoms with E-state index in [1.807, 2.05) is 32.0 Å². The predicted molar refractivity (Wildman–Crippen MR) is 77.3 cm³/mol. The Bertz CT molecular complexity index is 589. The smallest absolute Gasteiger partial charge is 0.390 e. The molecule has 1 atom stereocenters. The van der Waals surface area contributed by atoms with E-state index >= 15 is 0 Å². The van der Waals surface area contributed by atoms with Crippen LogP contribution >= 0.6 is 0 Å². The molecule has 21 heavy (non-hydrogen) atoms. The van der Waals surface area contributed by atoms with Gasteiger partial charge in [-0.05, 0) is 19.0 Å². The molecule has 0 aliphatic carbocycles. The highest BCUT2D eigenvalue weighted by molar-refractivity contribution is 5.82. The summed E-state index contributed by atoms with van der Waals surface area (Å²) >= 11 is 0. The molecule has 2 rings (SSSR count). The van der Waals surface area contributed by atoms with Gasteiger partial charge in [0.25, 0.3) is 0 Å². The molecule has 1 unspecified atom stereocenters. The van der Waals surface area contributed by atoms with Crippen LogP contribution in [0.2, 0.25) is 0 Å². The maximum Gasteiger partial charge on any atom is 0.390 e. The summed E-state index contributed by atoms with van der Waals surface area (Å²) in [6.07, 6.45) is -3.74. The van der Waals surface area contributed by atoms with Crippen LogP contribution in [0.4, 0.5) is 13.2 Å². The van der Waals surface area contributed by atoms with Gasteiger partial charge in [0.1, 0.15) is 11.3 Å². The number of hydrogen-bond acceptors (Lipinski definition) is 2. The molecule has 116 valence electrons. The van der Waals surface area contributed by atoms with E-state index in [-0.39, 0.29) is 0 Å². The van der Waals surface area contributed by atoms with Crippen LogP contribution in [0.15, 0.2) is 28.7 Å². The second-order valence-corrected chi connectivity index (χ2v) is 5.11. The first kappa shape index (κ1) is 15.9. The molecule has 1 heterocycles. The van der Waals surface area contributed by atoms with E-state index in [0.717, 1.165) is 11.8 Å². The van der Waals surface area contributed by atoms with Crippen molar-refractivity contribution in [3.8, 4) is 0 Å². The third-order valence-electron chi connectivity index (χ3n) is 3.46. The number of hydrogen-bond donors (Lipinski definition) is 1. The highest BCUT2D eigenvalue weighted by Crippen LogP contribution is 2.37. The minimum atomic E-state index is -4.21. The van der Waals surface area contributed by atoms with E-state index in [4.69, 9.17) is 4.42 Å². The molecule has 2 aromatic rings. The van der Waals surface area contributed by atoms with Crippen LogP contribution in [-0.2, 0) is 6.42 Å². The van der Waals surface area contributed by atoms with Crippen molar-refractivity contribution in [2.24, 2.45) is 0 Å². The van der Waals surface area contributed by atoms with Crippen molar-refractivity contribution >= 4 is 11.0 Å². The Morgan fingerprint density at radius 2 is 1.90 bits per heavy atom.